The molecule has 0 saturated heterocycles. The number of phenols is 1. The molecule has 14 heteroatoms. The van der Waals surface area contributed by atoms with Crippen LogP contribution in [0.15, 0.2) is 29.0 Å². The van der Waals surface area contributed by atoms with Crippen LogP contribution >= 0.6 is 32.9 Å². The average Bonchev–Trinajstić information content (AvgIpc) is 2.82. The molecule has 1 fully saturated rings. The molecular weight excluding hydrogens is 634 g/mol. The van der Waals surface area contributed by atoms with Gasteiger partial charge in [0.15, 0.2) is 11.4 Å². The number of halogens is 2. The Labute approximate surface area is 235 Å². The Hall–Kier alpha value is -2.78. The lowest BCUT2D eigenvalue weighted by Gasteiger charge is -2.50. The highest BCUT2D eigenvalue weighted by atomic mass is 79.9. The molecule has 206 valence electrons. The number of nitrogens with two attached hydrogens (primary N) is 1. The number of aliphatic hydroxyl groups is 4. The van der Waals surface area contributed by atoms with E-state index in [1.807, 2.05) is 0 Å². The van der Waals surface area contributed by atoms with Crippen LogP contribution in [0.4, 0.5) is 5.69 Å². The van der Waals surface area contributed by atoms with Crippen LogP contribution in [0.25, 0.3) is 5.76 Å². The van der Waals surface area contributed by atoms with Crippen molar-refractivity contribution in [2.75, 3.05) is 26.0 Å². The fourth-order valence-corrected chi connectivity index (χ4v) is 5.73. The predicted octanol–water partition coefficient (Wildman–Crippen LogP) is 0.236. The van der Waals surface area contributed by atoms with Crippen molar-refractivity contribution in [3.63, 3.8) is 0 Å². The van der Waals surface area contributed by atoms with Gasteiger partial charge in [-0.05, 0) is 44.5 Å². The number of carbonyl (C=O) groups is 4. The maximum atomic E-state index is 13.8. The average molecular weight is 661 g/mol. The smallest absolute Gasteiger partial charge is 0.255 e. The third kappa shape index (κ3) is 4.24. The third-order valence-electron chi connectivity index (χ3n) is 7.30. The maximum absolute atomic E-state index is 13.8. The van der Waals surface area contributed by atoms with Crippen LogP contribution in [-0.2, 0) is 25.6 Å². The Morgan fingerprint density at radius 2 is 1.87 bits per heavy atom. The molecule has 0 aromatic heterocycles. The van der Waals surface area contributed by atoms with Crippen LogP contribution in [0, 0.1) is 11.8 Å². The minimum Gasteiger partial charge on any atom is -0.508 e. The van der Waals surface area contributed by atoms with Gasteiger partial charge in [0.25, 0.3) is 5.91 Å². The number of aliphatic hydroxyl groups excluding tert-OH is 3. The van der Waals surface area contributed by atoms with E-state index < -0.39 is 81.1 Å². The Kier molecular flexibility index (Phi) is 8.16. The van der Waals surface area contributed by atoms with Crippen molar-refractivity contribution in [2.24, 2.45) is 17.6 Å². The van der Waals surface area contributed by atoms with Gasteiger partial charge in [-0.2, -0.15) is 0 Å². The van der Waals surface area contributed by atoms with E-state index in [1.54, 1.807) is 6.07 Å². The van der Waals surface area contributed by atoms with E-state index in [4.69, 9.17) is 10.8 Å². The normalized spacial score (nSPS) is 27.3. The van der Waals surface area contributed by atoms with E-state index in [-0.39, 0.29) is 46.6 Å². The zero-order valence-corrected chi connectivity index (χ0v) is 23.6. The minimum absolute atomic E-state index is 0. The number of carbonyl (C=O) groups excluding carboxylic acids is 4. The molecule has 4 unspecified atom stereocenters. The highest BCUT2D eigenvalue weighted by Gasteiger charge is 2.64. The van der Waals surface area contributed by atoms with E-state index >= 15 is 0 Å². The Morgan fingerprint density at radius 3 is 2.42 bits per heavy atom. The minimum atomic E-state index is -2.73. The number of nitrogens with zero attached hydrogens (tertiary/aromatic N) is 1. The number of nitrogens with one attached hydrogen (secondary N) is 1. The summed E-state index contributed by atoms with van der Waals surface area (Å²) < 4.78 is 0. The molecule has 2 amide bonds. The Bertz CT molecular complexity index is 1310. The zero-order chi connectivity index (χ0) is 27.6. The predicted molar refractivity (Wildman–Crippen MR) is 143 cm³/mol. The number of Topliss-reactive ketones (excluding diaryl/α,β-unsaturated/α-hetero) is 2. The van der Waals surface area contributed by atoms with Crippen molar-refractivity contribution in [2.45, 2.75) is 29.3 Å². The van der Waals surface area contributed by atoms with E-state index in [0.29, 0.717) is 5.56 Å². The van der Waals surface area contributed by atoms with Gasteiger partial charge in [-0.25, -0.2) is 0 Å². The lowest BCUT2D eigenvalue weighted by atomic mass is 9.57. The lowest BCUT2D eigenvalue weighted by Crippen LogP contribution is -2.65. The molecule has 0 aliphatic heterocycles. The molecule has 0 radical (unpaired) electrons. The first-order valence-corrected chi connectivity index (χ1v) is 12.2. The largest absolute Gasteiger partial charge is 0.508 e. The fourth-order valence-electron chi connectivity index (χ4n) is 5.61. The lowest BCUT2D eigenvalue weighted by molar-refractivity contribution is -0.153. The van der Waals surface area contributed by atoms with Crippen molar-refractivity contribution >= 4 is 67.7 Å². The van der Waals surface area contributed by atoms with Crippen LogP contribution in [0.5, 0.6) is 5.75 Å². The molecule has 0 bridgehead atoms. The van der Waals surface area contributed by atoms with Crippen LogP contribution in [0.2, 0.25) is 0 Å². The van der Waals surface area contributed by atoms with E-state index in [9.17, 15) is 39.6 Å². The molecule has 0 heterocycles. The number of amides is 2. The zero-order valence-electron chi connectivity index (χ0n) is 20.3. The quantitative estimate of drug-likeness (QED) is 0.130. The van der Waals surface area contributed by atoms with Crippen LogP contribution in [0.1, 0.15) is 17.5 Å². The Morgan fingerprint density at radius 1 is 1.24 bits per heavy atom. The fraction of sp³-hybridized carbons (Fsp3) is 0.417. The highest BCUT2D eigenvalue weighted by Crippen LogP contribution is 2.53. The first-order chi connectivity index (χ1) is 17.3. The first kappa shape index (κ1) is 29.8. The molecule has 0 spiro atoms. The summed E-state index contributed by atoms with van der Waals surface area (Å²) in [7, 11) is 3.05. The van der Waals surface area contributed by atoms with Gasteiger partial charge >= 0.3 is 0 Å². The summed E-state index contributed by atoms with van der Waals surface area (Å²) >= 11 is 2.98. The molecule has 8 N–H and O–H groups in total. The van der Waals surface area contributed by atoms with Gasteiger partial charge in [-0.3, -0.25) is 24.1 Å². The number of hydrogen-bond acceptors (Lipinski definition) is 10. The van der Waals surface area contributed by atoms with Crippen LogP contribution in [0.3, 0.4) is 0 Å². The second-order valence-corrected chi connectivity index (χ2v) is 10.7. The molecule has 1 saturated carbocycles. The van der Waals surface area contributed by atoms with Crippen LogP contribution in [-0.4, -0.2) is 91.0 Å². The number of anilines is 1. The van der Waals surface area contributed by atoms with Crippen molar-refractivity contribution in [1.82, 2.24) is 4.90 Å². The van der Waals surface area contributed by atoms with E-state index in [2.05, 4.69) is 21.2 Å². The summed E-state index contributed by atoms with van der Waals surface area (Å²) in [6.45, 7) is -0.510. The second-order valence-electron chi connectivity index (χ2n) is 9.60. The SMILES string of the molecule is Br.CN(C)[C@@H]1C(=O)C(C(N)=O)=C(O)C2(O)C(=O)C3=C(O)c4c(ccc(NC(=O)C(Br)CO)c4O)CC3CC12. The maximum Gasteiger partial charge on any atom is 0.255 e. The first-order valence-electron chi connectivity index (χ1n) is 11.3. The number of alkyl halides is 1. The summed E-state index contributed by atoms with van der Waals surface area (Å²) in [5, 5.41) is 56.0. The van der Waals surface area contributed by atoms with Gasteiger partial charge in [0.05, 0.1) is 23.9 Å². The number of hydrogen-bond donors (Lipinski definition) is 7. The van der Waals surface area contributed by atoms with Gasteiger partial charge in [0.2, 0.25) is 11.7 Å². The molecule has 4 rings (SSSR count). The van der Waals surface area contributed by atoms with Crippen LogP contribution < -0.4 is 11.1 Å². The summed E-state index contributed by atoms with van der Waals surface area (Å²) in [6, 6.07) is 1.79. The van der Waals surface area contributed by atoms with Gasteiger partial charge in [0.1, 0.15) is 27.7 Å². The van der Waals surface area contributed by atoms with Gasteiger partial charge in [-0.1, -0.05) is 22.0 Å². The van der Waals surface area contributed by atoms with Crippen molar-refractivity contribution in [3.05, 3.63) is 40.2 Å². The molecule has 1 aromatic carbocycles. The second kappa shape index (κ2) is 10.4. The number of phenolic OH excluding ortho intramolecular Hbond substituents is 1. The Balaban J connectivity index is 0.00000400. The standard InChI is InChI=1S/C24H26BrN3O9.BrH/c1-28(2)16-10-6-9-5-8-3-4-12(27-23(36)11(25)7-29)17(30)13(8)18(31)14(9)20(33)24(10,37)21(34)15(19(16)32)22(26)35;/h3-4,9-11,16,29-31,34,37H,5-7H2,1-2H3,(H2,26,35)(H,27,36);1H/t9?,10?,11?,16-,24?;/m0./s1. The van der Waals surface area contributed by atoms with Crippen molar-refractivity contribution in [1.29, 1.82) is 0 Å². The number of primary amides is 1. The van der Waals surface area contributed by atoms with E-state index in [0.717, 1.165) is 0 Å². The number of ketones is 2. The number of rotatable bonds is 5. The number of aromatic hydroxyl groups is 1. The molecule has 1 aromatic rings. The number of likely N-dealkylation sites (N-methyl/N-ethyl adjacent to an activating group) is 1. The van der Waals surface area contributed by atoms with Gasteiger partial charge in [0, 0.05) is 11.5 Å². The number of benzene rings is 1. The molecule has 3 aliphatic carbocycles. The van der Waals surface area contributed by atoms with Crippen molar-refractivity contribution in [3.8, 4) is 5.75 Å². The number of fused-ring (bicyclic) bond motifs is 3. The van der Waals surface area contributed by atoms with Gasteiger partial charge in [-0.15, -0.1) is 17.0 Å². The molecule has 3 aliphatic rings. The molecule has 12 nitrogen and oxygen atoms in total. The molecule has 38 heavy (non-hydrogen) atoms. The monoisotopic (exact) mass is 659 g/mol. The summed E-state index contributed by atoms with van der Waals surface area (Å²) in [5.74, 6) is -8.15. The topological polar surface area (TPSA) is 211 Å². The summed E-state index contributed by atoms with van der Waals surface area (Å²) in [5.41, 5.74) is 1.59. The highest BCUT2D eigenvalue weighted by molar-refractivity contribution is 9.10. The van der Waals surface area contributed by atoms with E-state index in [1.165, 1.54) is 25.1 Å². The molecule has 5 atom stereocenters. The third-order valence-corrected chi connectivity index (χ3v) is 8.00. The molecular formula is C24H27Br2N3O9. The van der Waals surface area contributed by atoms with Gasteiger partial charge < -0.3 is 36.6 Å². The van der Waals surface area contributed by atoms with Crippen molar-refractivity contribution < 1.29 is 44.7 Å². The summed E-state index contributed by atoms with van der Waals surface area (Å²) in [6.07, 6.45) is 0.112. The summed E-state index contributed by atoms with van der Waals surface area (Å²) in [4.78, 5) is 51.5.